The van der Waals surface area contributed by atoms with Crippen molar-refractivity contribution >= 4 is 28.8 Å². The Labute approximate surface area is 261 Å². The number of carbonyl (C=O) groups is 2. The molecule has 0 aliphatic carbocycles. The second-order valence-corrected chi connectivity index (χ2v) is 11.0. The summed E-state index contributed by atoms with van der Waals surface area (Å²) in [5.74, 6) is 0.808. The minimum atomic E-state index is -4.53. The highest BCUT2D eigenvalue weighted by Gasteiger charge is 2.31. The van der Waals surface area contributed by atoms with E-state index in [-0.39, 0.29) is 23.1 Å². The predicted molar refractivity (Wildman–Crippen MR) is 171 cm³/mol. The van der Waals surface area contributed by atoms with E-state index in [1.54, 1.807) is 43.5 Å². The summed E-state index contributed by atoms with van der Waals surface area (Å²) in [6.45, 7) is 6.69. The molecule has 1 unspecified atom stereocenters. The number of pyridine rings is 1. The fourth-order valence-electron chi connectivity index (χ4n) is 4.54. The van der Waals surface area contributed by atoms with Crippen molar-refractivity contribution in [1.29, 1.82) is 0 Å². The molecule has 240 valence electrons. The number of anilines is 2. The van der Waals surface area contributed by atoms with Gasteiger partial charge in [-0.1, -0.05) is 51.3 Å². The Morgan fingerprint density at radius 1 is 1.09 bits per heavy atom. The van der Waals surface area contributed by atoms with Crippen LogP contribution >= 0.6 is 0 Å². The predicted octanol–water partition coefficient (Wildman–Crippen LogP) is 7.02. The van der Waals surface area contributed by atoms with E-state index in [2.05, 4.69) is 29.1 Å². The molecule has 1 atom stereocenters. The van der Waals surface area contributed by atoms with Crippen LogP contribution in [0.5, 0.6) is 0 Å². The second-order valence-electron chi connectivity index (χ2n) is 11.0. The average molecular weight is 624 g/mol. The molecule has 3 aromatic heterocycles. The molecule has 1 amide bonds. The van der Waals surface area contributed by atoms with Crippen molar-refractivity contribution in [2.24, 2.45) is 0 Å². The van der Waals surface area contributed by atoms with Crippen LogP contribution in [0.25, 0.3) is 16.8 Å². The molecule has 0 aliphatic heterocycles. The van der Waals surface area contributed by atoms with E-state index in [1.165, 1.54) is 0 Å². The van der Waals surface area contributed by atoms with Gasteiger partial charge in [-0.2, -0.15) is 13.2 Å². The first-order valence-electron chi connectivity index (χ1n) is 14.7. The molecule has 0 radical (unpaired) electrons. The highest BCUT2D eigenvalue weighted by molar-refractivity contribution is 6.04. The van der Waals surface area contributed by atoms with Gasteiger partial charge in [-0.3, -0.25) is 14.0 Å². The molecular weight excluding hydrogens is 583 g/mol. The Kier molecular flexibility index (Phi) is 12.4. The molecule has 4 rings (SSSR count). The summed E-state index contributed by atoms with van der Waals surface area (Å²) in [5, 5.41) is 2.41. The van der Waals surface area contributed by atoms with Crippen LogP contribution in [0, 0.1) is 0 Å². The maximum absolute atomic E-state index is 12.9. The van der Waals surface area contributed by atoms with E-state index in [9.17, 15) is 22.8 Å². The molecular formula is C33H40F3N7O2. The molecule has 3 heterocycles. The number of halogens is 3. The summed E-state index contributed by atoms with van der Waals surface area (Å²) in [7, 11) is 3.93. The second kappa shape index (κ2) is 15.9. The number of fused-ring (bicyclic) bond motifs is 1. The highest BCUT2D eigenvalue weighted by atomic mass is 19.4. The summed E-state index contributed by atoms with van der Waals surface area (Å²) >= 11 is 0. The number of nitrogens with two attached hydrogens (primary N) is 1. The molecule has 9 nitrogen and oxygen atoms in total. The molecule has 0 fully saturated rings. The van der Waals surface area contributed by atoms with Crippen LogP contribution in [-0.2, 0) is 11.0 Å². The number of hydrogen-bond acceptors (Lipinski definition) is 7. The van der Waals surface area contributed by atoms with Gasteiger partial charge in [-0.05, 0) is 57.8 Å². The first kappa shape index (κ1) is 34.9. The van der Waals surface area contributed by atoms with Crippen LogP contribution in [0.1, 0.15) is 74.1 Å². The zero-order valence-corrected chi connectivity index (χ0v) is 26.2. The number of amides is 1. The topological polar surface area (TPSA) is 119 Å². The van der Waals surface area contributed by atoms with Crippen molar-refractivity contribution < 1.29 is 22.8 Å². The van der Waals surface area contributed by atoms with Crippen LogP contribution < -0.4 is 11.1 Å². The number of hydrogen-bond donors (Lipinski definition) is 2. The lowest BCUT2D eigenvalue weighted by atomic mass is 10.0. The molecule has 0 saturated heterocycles. The van der Waals surface area contributed by atoms with Gasteiger partial charge in [0.1, 0.15) is 28.7 Å². The fourth-order valence-corrected chi connectivity index (χ4v) is 4.54. The fraction of sp³-hybridized carbons (Fsp3) is 0.364. The Hall–Kier alpha value is -4.58. The SMILES string of the molecule is CC(=O)/C=C/CN(C)C.CCCCCC(C)c1nc(-c2ccc(C(=O)Nc3cc(C(F)(F)F)ccn3)cc2)c2c(N)nccn12. The van der Waals surface area contributed by atoms with E-state index in [0.717, 1.165) is 61.9 Å². The number of carbonyl (C=O) groups excluding carboxylic acids is 2. The Balaban J connectivity index is 0.000000535. The zero-order chi connectivity index (χ0) is 33.1. The van der Waals surface area contributed by atoms with E-state index < -0.39 is 17.6 Å². The first-order chi connectivity index (χ1) is 21.3. The molecule has 0 spiro atoms. The van der Waals surface area contributed by atoms with Gasteiger partial charge in [0.25, 0.3) is 5.91 Å². The summed E-state index contributed by atoms with van der Waals surface area (Å²) in [6.07, 6.45) is 7.80. The van der Waals surface area contributed by atoms with Crippen molar-refractivity contribution in [2.45, 2.75) is 58.5 Å². The summed E-state index contributed by atoms with van der Waals surface area (Å²) in [6, 6.07) is 8.27. The van der Waals surface area contributed by atoms with Crippen LogP contribution in [-0.4, -0.2) is 56.6 Å². The Morgan fingerprint density at radius 2 is 1.80 bits per heavy atom. The Bertz CT molecular complexity index is 1610. The number of likely N-dealkylation sites (N-methyl/N-ethyl adjacent to an activating group) is 1. The molecule has 3 N–H and O–H groups in total. The van der Waals surface area contributed by atoms with Gasteiger partial charge in [0, 0.05) is 42.2 Å². The van der Waals surface area contributed by atoms with E-state index in [4.69, 9.17) is 10.7 Å². The number of nitrogen functional groups attached to an aromatic ring is 1. The van der Waals surface area contributed by atoms with Gasteiger partial charge in [0.05, 0.1) is 5.56 Å². The lowest BCUT2D eigenvalue weighted by Crippen LogP contribution is -2.14. The third-order valence-corrected chi connectivity index (χ3v) is 6.86. The van der Waals surface area contributed by atoms with E-state index in [0.29, 0.717) is 17.0 Å². The van der Waals surface area contributed by atoms with Crippen LogP contribution in [0.15, 0.2) is 67.1 Å². The minimum Gasteiger partial charge on any atom is -0.382 e. The largest absolute Gasteiger partial charge is 0.416 e. The smallest absolute Gasteiger partial charge is 0.382 e. The van der Waals surface area contributed by atoms with Crippen molar-refractivity contribution in [3.8, 4) is 11.3 Å². The van der Waals surface area contributed by atoms with Crippen LogP contribution in [0.2, 0.25) is 0 Å². The lowest BCUT2D eigenvalue weighted by Gasteiger charge is -2.10. The molecule has 1 aromatic carbocycles. The maximum Gasteiger partial charge on any atom is 0.416 e. The van der Waals surface area contributed by atoms with Crippen molar-refractivity contribution in [3.63, 3.8) is 0 Å². The van der Waals surface area contributed by atoms with Gasteiger partial charge in [0.2, 0.25) is 0 Å². The Morgan fingerprint density at radius 3 is 2.42 bits per heavy atom. The third-order valence-electron chi connectivity index (χ3n) is 6.86. The van der Waals surface area contributed by atoms with Gasteiger partial charge in [-0.25, -0.2) is 15.0 Å². The average Bonchev–Trinajstić information content (AvgIpc) is 3.38. The van der Waals surface area contributed by atoms with Crippen molar-refractivity contribution in [3.05, 3.63) is 84.1 Å². The van der Waals surface area contributed by atoms with Crippen LogP contribution in [0.4, 0.5) is 24.8 Å². The number of imidazole rings is 1. The number of nitrogens with zero attached hydrogens (tertiary/aromatic N) is 5. The van der Waals surface area contributed by atoms with Crippen molar-refractivity contribution in [2.75, 3.05) is 31.7 Å². The quantitative estimate of drug-likeness (QED) is 0.136. The number of ketones is 1. The molecule has 4 aromatic rings. The molecule has 0 aliphatic rings. The number of allylic oxidation sites excluding steroid dienone is 1. The summed E-state index contributed by atoms with van der Waals surface area (Å²) in [5.41, 5.74) is 7.68. The normalized spacial score (nSPS) is 12.3. The van der Waals surface area contributed by atoms with Crippen LogP contribution in [0.3, 0.4) is 0 Å². The molecule has 45 heavy (non-hydrogen) atoms. The maximum atomic E-state index is 12.9. The van der Waals surface area contributed by atoms with Gasteiger partial charge < -0.3 is 16.0 Å². The summed E-state index contributed by atoms with van der Waals surface area (Å²) < 4.78 is 40.8. The van der Waals surface area contributed by atoms with E-state index >= 15 is 0 Å². The first-order valence-corrected chi connectivity index (χ1v) is 14.7. The number of unbranched alkanes of at least 4 members (excludes halogenated alkanes) is 2. The third kappa shape index (κ3) is 9.97. The molecule has 0 saturated carbocycles. The number of alkyl halides is 3. The van der Waals surface area contributed by atoms with Gasteiger partial charge in [0.15, 0.2) is 5.78 Å². The number of nitrogens with one attached hydrogen (secondary N) is 1. The zero-order valence-electron chi connectivity index (χ0n) is 26.2. The standard InChI is InChI=1S/C26H27F3N6O.C7H13NO/c1-3-4-5-6-16(2)24-34-21(22-23(30)32-13-14-35(22)24)17-7-9-18(10-8-17)25(36)33-20-15-19(11-12-31-20)26(27,28)29;1-7(9)5-4-6-8(2)3/h7-16H,3-6H2,1-2H3,(H2,30,32)(H,31,33,36);4-5H,6H2,1-3H3/b;5-4+. The van der Waals surface area contributed by atoms with Gasteiger partial charge in [-0.15, -0.1) is 0 Å². The monoisotopic (exact) mass is 623 g/mol. The number of rotatable bonds is 11. The lowest BCUT2D eigenvalue weighted by molar-refractivity contribution is -0.137. The highest BCUT2D eigenvalue weighted by Crippen LogP contribution is 2.33. The van der Waals surface area contributed by atoms with Gasteiger partial charge >= 0.3 is 6.18 Å². The molecule has 0 bridgehead atoms. The van der Waals surface area contributed by atoms with E-state index in [1.807, 2.05) is 35.7 Å². The molecule has 12 heteroatoms. The number of benzene rings is 1. The van der Waals surface area contributed by atoms with Crippen molar-refractivity contribution in [1.82, 2.24) is 24.3 Å². The summed E-state index contributed by atoms with van der Waals surface area (Å²) in [4.78, 5) is 37.9. The number of aromatic nitrogens is 4. The minimum absolute atomic E-state index is 0.108.